The van der Waals surface area contributed by atoms with Gasteiger partial charge in [0, 0.05) is 11.2 Å². The van der Waals surface area contributed by atoms with Gasteiger partial charge in [0.15, 0.2) is 17.6 Å². The number of sulfonamides is 1. The van der Waals surface area contributed by atoms with Crippen molar-refractivity contribution in [2.45, 2.75) is 24.5 Å². The van der Waals surface area contributed by atoms with Crippen molar-refractivity contribution < 1.29 is 17.9 Å². The van der Waals surface area contributed by atoms with Crippen molar-refractivity contribution >= 4 is 27.3 Å². The molecule has 9 heteroatoms. The SMILES string of the molecule is Cc1ccc(Cl)cc1S(=O)(=O)Nc1cnn(CC2COc3ccccc3O2)c1. The van der Waals surface area contributed by atoms with E-state index in [9.17, 15) is 8.42 Å². The van der Waals surface area contributed by atoms with Crippen molar-refractivity contribution in [2.75, 3.05) is 11.3 Å². The van der Waals surface area contributed by atoms with Crippen LogP contribution in [0.25, 0.3) is 0 Å². The van der Waals surface area contributed by atoms with Gasteiger partial charge in [-0.3, -0.25) is 9.40 Å². The largest absolute Gasteiger partial charge is 0.486 e. The summed E-state index contributed by atoms with van der Waals surface area (Å²) in [6.45, 7) is 2.53. The molecule has 2 heterocycles. The summed E-state index contributed by atoms with van der Waals surface area (Å²) < 4.78 is 41.1. The monoisotopic (exact) mass is 419 g/mol. The predicted molar refractivity (Wildman–Crippen MR) is 106 cm³/mol. The van der Waals surface area contributed by atoms with Gasteiger partial charge in [-0.2, -0.15) is 5.10 Å². The number of anilines is 1. The van der Waals surface area contributed by atoms with E-state index in [1.54, 1.807) is 29.9 Å². The Kier molecular flexibility index (Phi) is 4.91. The molecule has 0 aliphatic carbocycles. The third-order valence-corrected chi connectivity index (χ3v) is 6.04. The van der Waals surface area contributed by atoms with Gasteiger partial charge in [-0.15, -0.1) is 0 Å². The van der Waals surface area contributed by atoms with Crippen molar-refractivity contribution in [1.29, 1.82) is 0 Å². The molecule has 28 heavy (non-hydrogen) atoms. The summed E-state index contributed by atoms with van der Waals surface area (Å²) in [6, 6.07) is 12.2. The van der Waals surface area contributed by atoms with Gasteiger partial charge in [0.05, 0.1) is 23.3 Å². The molecule has 0 saturated heterocycles. The van der Waals surface area contributed by atoms with E-state index in [-0.39, 0.29) is 11.0 Å². The lowest BCUT2D eigenvalue weighted by molar-refractivity contribution is 0.0759. The fourth-order valence-corrected chi connectivity index (χ4v) is 4.49. The normalized spacial score (nSPS) is 16.0. The summed E-state index contributed by atoms with van der Waals surface area (Å²) in [6.07, 6.45) is 2.84. The predicted octanol–water partition coefficient (Wildman–Crippen LogP) is 3.49. The van der Waals surface area contributed by atoms with E-state index in [1.807, 2.05) is 24.3 Å². The molecule has 0 bridgehead atoms. The van der Waals surface area contributed by atoms with Crippen LogP contribution in [0.4, 0.5) is 5.69 Å². The molecule has 146 valence electrons. The Labute approximate surface area is 167 Å². The van der Waals surface area contributed by atoms with E-state index < -0.39 is 10.0 Å². The summed E-state index contributed by atoms with van der Waals surface area (Å²) in [7, 11) is -3.77. The molecule has 1 N–H and O–H groups in total. The van der Waals surface area contributed by atoms with E-state index in [1.165, 1.54) is 12.3 Å². The lowest BCUT2D eigenvalue weighted by Crippen LogP contribution is -2.33. The molecule has 3 aromatic rings. The van der Waals surface area contributed by atoms with Crippen molar-refractivity contribution in [3.63, 3.8) is 0 Å². The maximum absolute atomic E-state index is 12.7. The van der Waals surface area contributed by atoms with Crippen LogP contribution in [0.15, 0.2) is 59.8 Å². The Morgan fingerprint density at radius 2 is 2.04 bits per heavy atom. The number of ether oxygens (including phenoxy) is 2. The van der Waals surface area contributed by atoms with Crippen LogP contribution in [0.3, 0.4) is 0 Å². The third-order valence-electron chi connectivity index (χ3n) is 4.28. The second kappa shape index (κ2) is 7.37. The molecule has 0 saturated carbocycles. The average Bonchev–Trinajstić information content (AvgIpc) is 3.09. The molecule has 0 amide bonds. The standard InChI is InChI=1S/C19H18ClN3O4S/c1-13-6-7-14(20)8-19(13)28(24,25)22-15-9-21-23(10-15)11-16-12-26-17-4-2-3-5-18(17)27-16/h2-10,16,22H,11-12H2,1H3. The number of rotatable bonds is 5. The van der Waals surface area contributed by atoms with E-state index >= 15 is 0 Å². The molecule has 1 atom stereocenters. The number of hydrogen-bond acceptors (Lipinski definition) is 5. The van der Waals surface area contributed by atoms with Gasteiger partial charge < -0.3 is 9.47 Å². The molecule has 1 aliphatic rings. The van der Waals surface area contributed by atoms with Gasteiger partial charge in [-0.05, 0) is 36.8 Å². The Morgan fingerprint density at radius 3 is 2.86 bits per heavy atom. The Morgan fingerprint density at radius 1 is 1.25 bits per heavy atom. The first-order valence-corrected chi connectivity index (χ1v) is 10.5. The maximum Gasteiger partial charge on any atom is 0.262 e. The molecular formula is C19H18ClN3O4S. The van der Waals surface area contributed by atoms with Crippen LogP contribution in [0, 0.1) is 6.92 Å². The number of benzene rings is 2. The Balaban J connectivity index is 1.46. The molecular weight excluding hydrogens is 402 g/mol. The van der Waals surface area contributed by atoms with Gasteiger partial charge in [0.25, 0.3) is 10.0 Å². The Hall–Kier alpha value is -2.71. The number of aryl methyl sites for hydroxylation is 1. The first kappa shape index (κ1) is 18.6. The summed E-state index contributed by atoms with van der Waals surface area (Å²) in [5.41, 5.74) is 0.965. The van der Waals surface area contributed by atoms with Gasteiger partial charge >= 0.3 is 0 Å². The number of nitrogens with zero attached hydrogens (tertiary/aromatic N) is 2. The second-order valence-corrected chi connectivity index (χ2v) is 8.55. The smallest absolute Gasteiger partial charge is 0.262 e. The molecule has 0 fully saturated rings. The van der Waals surface area contributed by atoms with Gasteiger partial charge in [0.1, 0.15) is 6.61 Å². The summed E-state index contributed by atoms with van der Waals surface area (Å²) in [5, 5.41) is 4.57. The third kappa shape index (κ3) is 3.93. The minimum atomic E-state index is -3.77. The first-order valence-electron chi connectivity index (χ1n) is 8.61. The fourth-order valence-electron chi connectivity index (χ4n) is 2.95. The number of fused-ring (bicyclic) bond motifs is 1. The average molecular weight is 420 g/mol. The van der Waals surface area contributed by atoms with Crippen molar-refractivity contribution in [2.24, 2.45) is 0 Å². The van der Waals surface area contributed by atoms with E-state index in [2.05, 4.69) is 9.82 Å². The maximum atomic E-state index is 12.7. The number of halogens is 1. The zero-order chi connectivity index (χ0) is 19.7. The van der Waals surface area contributed by atoms with Crippen LogP contribution in [-0.2, 0) is 16.6 Å². The van der Waals surface area contributed by atoms with Crippen LogP contribution >= 0.6 is 11.6 Å². The van der Waals surface area contributed by atoms with Gasteiger partial charge in [0.2, 0.25) is 0 Å². The van der Waals surface area contributed by atoms with E-state index in [4.69, 9.17) is 21.1 Å². The number of nitrogens with one attached hydrogen (secondary N) is 1. The van der Waals surface area contributed by atoms with Crippen molar-refractivity contribution in [3.05, 3.63) is 65.4 Å². The lowest BCUT2D eigenvalue weighted by atomic mass is 10.2. The number of hydrogen-bond donors (Lipinski definition) is 1. The zero-order valence-corrected chi connectivity index (χ0v) is 16.6. The van der Waals surface area contributed by atoms with E-state index in [0.29, 0.717) is 40.9 Å². The molecule has 1 aliphatic heterocycles. The molecule has 0 radical (unpaired) electrons. The van der Waals surface area contributed by atoms with Crippen molar-refractivity contribution in [3.8, 4) is 11.5 Å². The fraction of sp³-hybridized carbons (Fsp3) is 0.211. The topological polar surface area (TPSA) is 82.5 Å². The van der Waals surface area contributed by atoms with Gasteiger partial charge in [-0.25, -0.2) is 8.42 Å². The molecule has 1 aromatic heterocycles. The first-order chi connectivity index (χ1) is 13.4. The van der Waals surface area contributed by atoms with E-state index in [0.717, 1.165) is 0 Å². The summed E-state index contributed by atoms with van der Waals surface area (Å²) in [4.78, 5) is 0.133. The molecule has 0 spiro atoms. The number of aromatic nitrogens is 2. The number of para-hydroxylation sites is 2. The lowest BCUT2D eigenvalue weighted by Gasteiger charge is -2.26. The highest BCUT2D eigenvalue weighted by atomic mass is 35.5. The van der Waals surface area contributed by atoms with Crippen LogP contribution in [0.2, 0.25) is 5.02 Å². The minimum Gasteiger partial charge on any atom is -0.486 e. The highest BCUT2D eigenvalue weighted by Crippen LogP contribution is 2.31. The van der Waals surface area contributed by atoms with Gasteiger partial charge in [-0.1, -0.05) is 29.8 Å². The highest BCUT2D eigenvalue weighted by Gasteiger charge is 2.22. The van der Waals surface area contributed by atoms with Crippen LogP contribution in [-0.4, -0.2) is 30.9 Å². The van der Waals surface area contributed by atoms with Crippen molar-refractivity contribution in [1.82, 2.24) is 9.78 Å². The molecule has 2 aromatic carbocycles. The molecule has 4 rings (SSSR count). The van der Waals surface area contributed by atoms with Crippen LogP contribution < -0.4 is 14.2 Å². The Bertz CT molecular complexity index is 1110. The quantitative estimate of drug-likeness (QED) is 0.684. The minimum absolute atomic E-state index is 0.133. The highest BCUT2D eigenvalue weighted by molar-refractivity contribution is 7.92. The summed E-state index contributed by atoms with van der Waals surface area (Å²) in [5.74, 6) is 1.40. The van der Waals surface area contributed by atoms with Crippen LogP contribution in [0.1, 0.15) is 5.56 Å². The molecule has 7 nitrogen and oxygen atoms in total. The molecule has 1 unspecified atom stereocenters. The zero-order valence-electron chi connectivity index (χ0n) is 15.0. The summed E-state index contributed by atoms with van der Waals surface area (Å²) >= 11 is 5.94. The second-order valence-electron chi connectivity index (χ2n) is 6.46. The van der Waals surface area contributed by atoms with Crippen LogP contribution in [0.5, 0.6) is 11.5 Å².